The van der Waals surface area contributed by atoms with Crippen molar-refractivity contribution in [1.29, 1.82) is 0 Å². The standard InChI is InChI=1S/C14H18ClN3O/c1-9(15)13-16-11-5-6-12(19-2)17-14(11)18(13)8-7-10-3-4-10/h5-6,9-10H,3-4,7-8H2,1-2H3. The number of fused-ring (bicyclic) bond motifs is 1. The molecule has 2 aromatic rings. The molecule has 1 aliphatic carbocycles. The molecule has 1 atom stereocenters. The lowest BCUT2D eigenvalue weighted by atomic mass is 10.3. The second-order valence-corrected chi connectivity index (χ2v) is 5.82. The van der Waals surface area contributed by atoms with Crippen molar-refractivity contribution in [3.05, 3.63) is 18.0 Å². The van der Waals surface area contributed by atoms with E-state index < -0.39 is 0 Å². The van der Waals surface area contributed by atoms with E-state index in [9.17, 15) is 0 Å². The lowest BCUT2D eigenvalue weighted by molar-refractivity contribution is 0.398. The number of hydrogen-bond acceptors (Lipinski definition) is 3. The largest absolute Gasteiger partial charge is 0.481 e. The van der Waals surface area contributed by atoms with Gasteiger partial charge in [0.2, 0.25) is 5.88 Å². The first-order valence-corrected chi connectivity index (χ1v) is 7.18. The Balaban J connectivity index is 2.03. The van der Waals surface area contributed by atoms with Crippen LogP contribution in [0.4, 0.5) is 0 Å². The van der Waals surface area contributed by atoms with Crippen LogP contribution >= 0.6 is 11.6 Å². The van der Waals surface area contributed by atoms with E-state index in [4.69, 9.17) is 16.3 Å². The van der Waals surface area contributed by atoms with Gasteiger partial charge in [-0.25, -0.2) is 4.98 Å². The highest BCUT2D eigenvalue weighted by Gasteiger charge is 2.23. The summed E-state index contributed by atoms with van der Waals surface area (Å²) in [5.74, 6) is 2.40. The zero-order chi connectivity index (χ0) is 13.4. The van der Waals surface area contributed by atoms with Gasteiger partial charge in [0.15, 0.2) is 5.65 Å². The summed E-state index contributed by atoms with van der Waals surface area (Å²) < 4.78 is 7.35. The number of alkyl halides is 1. The highest BCUT2D eigenvalue weighted by Crippen LogP contribution is 2.34. The van der Waals surface area contributed by atoms with E-state index in [0.29, 0.717) is 5.88 Å². The molecule has 19 heavy (non-hydrogen) atoms. The molecular weight excluding hydrogens is 262 g/mol. The molecule has 1 aliphatic rings. The minimum Gasteiger partial charge on any atom is -0.481 e. The van der Waals surface area contributed by atoms with Crippen molar-refractivity contribution in [3.8, 4) is 5.88 Å². The SMILES string of the molecule is COc1ccc2nc(C(C)Cl)n(CCC3CC3)c2n1. The topological polar surface area (TPSA) is 39.9 Å². The average Bonchev–Trinajstić information content (AvgIpc) is 3.16. The van der Waals surface area contributed by atoms with Crippen molar-refractivity contribution in [1.82, 2.24) is 14.5 Å². The molecule has 4 nitrogen and oxygen atoms in total. The maximum atomic E-state index is 6.24. The van der Waals surface area contributed by atoms with Crippen LogP contribution in [-0.4, -0.2) is 21.6 Å². The van der Waals surface area contributed by atoms with Crippen molar-refractivity contribution in [3.63, 3.8) is 0 Å². The summed E-state index contributed by atoms with van der Waals surface area (Å²) in [4.78, 5) is 9.11. The van der Waals surface area contributed by atoms with Crippen LogP contribution in [0.2, 0.25) is 0 Å². The first kappa shape index (κ1) is 12.7. The van der Waals surface area contributed by atoms with Gasteiger partial charge in [-0.3, -0.25) is 0 Å². The summed E-state index contributed by atoms with van der Waals surface area (Å²) in [6, 6.07) is 3.78. The zero-order valence-electron chi connectivity index (χ0n) is 11.3. The number of rotatable bonds is 5. The normalized spacial score (nSPS) is 16.8. The third-order valence-electron chi connectivity index (χ3n) is 3.62. The van der Waals surface area contributed by atoms with Crippen molar-refractivity contribution < 1.29 is 4.74 Å². The third-order valence-corrected chi connectivity index (χ3v) is 3.81. The maximum absolute atomic E-state index is 6.24. The minimum absolute atomic E-state index is 0.112. The van der Waals surface area contributed by atoms with Crippen molar-refractivity contribution in [2.45, 2.75) is 38.1 Å². The van der Waals surface area contributed by atoms with Gasteiger partial charge in [-0.1, -0.05) is 12.8 Å². The van der Waals surface area contributed by atoms with Gasteiger partial charge < -0.3 is 9.30 Å². The van der Waals surface area contributed by atoms with E-state index in [-0.39, 0.29) is 5.38 Å². The fraction of sp³-hybridized carbons (Fsp3) is 0.571. The van der Waals surface area contributed by atoms with Crippen LogP contribution < -0.4 is 4.74 Å². The molecule has 0 spiro atoms. The predicted octanol–water partition coefficient (Wildman–Crippen LogP) is 3.54. The van der Waals surface area contributed by atoms with Gasteiger partial charge >= 0.3 is 0 Å². The molecule has 0 amide bonds. The molecular formula is C14H18ClN3O. The number of methoxy groups -OCH3 is 1. The van der Waals surface area contributed by atoms with E-state index in [2.05, 4.69) is 14.5 Å². The highest BCUT2D eigenvalue weighted by molar-refractivity contribution is 6.20. The van der Waals surface area contributed by atoms with E-state index in [0.717, 1.165) is 29.5 Å². The van der Waals surface area contributed by atoms with E-state index in [1.807, 2.05) is 19.1 Å². The molecule has 1 fully saturated rings. The fourth-order valence-corrected chi connectivity index (χ4v) is 2.52. The number of nitrogens with zero attached hydrogens (tertiary/aromatic N) is 3. The van der Waals surface area contributed by atoms with Crippen LogP contribution in [0.3, 0.4) is 0 Å². The van der Waals surface area contributed by atoms with Gasteiger partial charge in [0.05, 0.1) is 12.5 Å². The molecule has 1 saturated carbocycles. The summed E-state index contributed by atoms with van der Waals surface area (Å²) in [5, 5.41) is -0.112. The molecule has 0 N–H and O–H groups in total. The van der Waals surface area contributed by atoms with Crippen LogP contribution in [0, 0.1) is 5.92 Å². The third kappa shape index (κ3) is 2.54. The molecule has 2 heterocycles. The van der Waals surface area contributed by atoms with Gasteiger partial charge in [0, 0.05) is 12.6 Å². The zero-order valence-corrected chi connectivity index (χ0v) is 12.0. The molecule has 0 saturated heterocycles. The van der Waals surface area contributed by atoms with Crippen LogP contribution in [0.1, 0.15) is 37.4 Å². The number of pyridine rings is 1. The quantitative estimate of drug-likeness (QED) is 0.786. The maximum Gasteiger partial charge on any atom is 0.215 e. The lowest BCUT2D eigenvalue weighted by Gasteiger charge is -2.09. The first-order valence-electron chi connectivity index (χ1n) is 6.74. The van der Waals surface area contributed by atoms with Crippen molar-refractivity contribution >= 4 is 22.8 Å². The van der Waals surface area contributed by atoms with Gasteiger partial charge in [-0.2, -0.15) is 4.98 Å². The molecule has 3 rings (SSSR count). The highest BCUT2D eigenvalue weighted by atomic mass is 35.5. The van der Waals surface area contributed by atoms with Crippen LogP contribution in [-0.2, 0) is 6.54 Å². The molecule has 0 bridgehead atoms. The number of hydrogen-bond donors (Lipinski definition) is 0. The lowest BCUT2D eigenvalue weighted by Crippen LogP contribution is -2.06. The monoisotopic (exact) mass is 279 g/mol. The molecule has 0 radical (unpaired) electrons. The van der Waals surface area contributed by atoms with Crippen LogP contribution in [0.15, 0.2) is 12.1 Å². The summed E-state index contributed by atoms with van der Waals surface area (Å²) in [7, 11) is 1.63. The molecule has 5 heteroatoms. The minimum atomic E-state index is -0.112. The Labute approximate surface area is 117 Å². The smallest absolute Gasteiger partial charge is 0.215 e. The Bertz CT molecular complexity index is 590. The van der Waals surface area contributed by atoms with Gasteiger partial charge in [0.1, 0.15) is 11.3 Å². The number of aryl methyl sites for hydroxylation is 1. The first-order chi connectivity index (χ1) is 9.19. The second kappa shape index (κ2) is 5.00. The molecule has 102 valence electrons. The number of ether oxygens (including phenoxy) is 1. The Hall–Kier alpha value is -1.29. The Morgan fingerprint density at radius 2 is 2.21 bits per heavy atom. The van der Waals surface area contributed by atoms with Crippen molar-refractivity contribution in [2.24, 2.45) is 5.92 Å². The van der Waals surface area contributed by atoms with Crippen LogP contribution in [0.25, 0.3) is 11.2 Å². The Kier molecular flexibility index (Phi) is 3.35. The van der Waals surface area contributed by atoms with E-state index in [1.54, 1.807) is 7.11 Å². The summed E-state index contributed by atoms with van der Waals surface area (Å²) in [6.45, 7) is 2.89. The summed E-state index contributed by atoms with van der Waals surface area (Å²) in [5.41, 5.74) is 1.77. The summed E-state index contributed by atoms with van der Waals surface area (Å²) in [6.07, 6.45) is 3.89. The Morgan fingerprint density at radius 1 is 1.42 bits per heavy atom. The molecule has 0 aliphatic heterocycles. The molecule has 2 aromatic heterocycles. The van der Waals surface area contributed by atoms with Crippen LogP contribution in [0.5, 0.6) is 5.88 Å². The van der Waals surface area contributed by atoms with Gasteiger partial charge in [-0.05, 0) is 25.3 Å². The summed E-state index contributed by atoms with van der Waals surface area (Å²) >= 11 is 6.24. The number of halogens is 1. The predicted molar refractivity (Wildman–Crippen MR) is 75.7 cm³/mol. The van der Waals surface area contributed by atoms with E-state index >= 15 is 0 Å². The van der Waals surface area contributed by atoms with E-state index in [1.165, 1.54) is 19.3 Å². The van der Waals surface area contributed by atoms with Gasteiger partial charge in [-0.15, -0.1) is 11.6 Å². The fourth-order valence-electron chi connectivity index (χ4n) is 2.36. The molecule has 0 aromatic carbocycles. The number of imidazole rings is 1. The average molecular weight is 280 g/mol. The van der Waals surface area contributed by atoms with Crippen molar-refractivity contribution in [2.75, 3.05) is 7.11 Å². The number of aromatic nitrogens is 3. The van der Waals surface area contributed by atoms with Gasteiger partial charge in [0.25, 0.3) is 0 Å². The second-order valence-electron chi connectivity index (χ2n) is 5.17. The molecule has 1 unspecified atom stereocenters. The Morgan fingerprint density at radius 3 is 2.84 bits per heavy atom.